The van der Waals surface area contributed by atoms with Crippen LogP contribution in [-0.4, -0.2) is 31.1 Å². The normalized spacial score (nSPS) is 17.5. The third-order valence-corrected chi connectivity index (χ3v) is 4.61. The van der Waals surface area contributed by atoms with Crippen molar-refractivity contribution in [3.8, 4) is 11.5 Å². The second-order valence-electron chi connectivity index (χ2n) is 6.69. The highest BCUT2D eigenvalue weighted by molar-refractivity contribution is 6.04. The monoisotopic (exact) mass is 381 g/mol. The first-order valence-electron chi connectivity index (χ1n) is 8.88. The fraction of sp³-hybridized carbons (Fsp3) is 0.250. The summed E-state index contributed by atoms with van der Waals surface area (Å²) in [4.78, 5) is 37.9. The van der Waals surface area contributed by atoms with Gasteiger partial charge in [-0.2, -0.15) is 0 Å². The van der Waals surface area contributed by atoms with Crippen molar-refractivity contribution in [3.63, 3.8) is 0 Å². The van der Waals surface area contributed by atoms with Crippen molar-refractivity contribution in [2.24, 2.45) is 5.92 Å². The van der Waals surface area contributed by atoms with E-state index in [9.17, 15) is 14.4 Å². The minimum atomic E-state index is -0.470. The van der Waals surface area contributed by atoms with Crippen molar-refractivity contribution in [2.45, 2.75) is 13.3 Å². The molecule has 2 aliphatic rings. The van der Waals surface area contributed by atoms with Crippen molar-refractivity contribution in [1.29, 1.82) is 0 Å². The van der Waals surface area contributed by atoms with Gasteiger partial charge in [-0.15, -0.1) is 0 Å². The third-order valence-electron chi connectivity index (χ3n) is 4.61. The van der Waals surface area contributed by atoms with E-state index in [-0.39, 0.29) is 37.5 Å². The van der Waals surface area contributed by atoms with Crippen LogP contribution in [0.1, 0.15) is 13.3 Å². The van der Waals surface area contributed by atoms with E-state index in [1.807, 2.05) is 0 Å². The van der Waals surface area contributed by atoms with Gasteiger partial charge in [0.05, 0.1) is 5.92 Å². The maximum absolute atomic E-state index is 12.6. The fourth-order valence-electron chi connectivity index (χ4n) is 3.31. The molecular weight excluding hydrogens is 362 g/mol. The molecule has 4 rings (SSSR count). The minimum Gasteiger partial charge on any atom is -0.454 e. The zero-order valence-corrected chi connectivity index (χ0v) is 15.2. The number of anilines is 3. The number of ether oxygens (including phenoxy) is 2. The van der Waals surface area contributed by atoms with E-state index in [1.54, 1.807) is 47.4 Å². The number of carbonyl (C=O) groups is 3. The molecule has 0 aromatic heterocycles. The lowest BCUT2D eigenvalue weighted by molar-refractivity contribution is -0.122. The van der Waals surface area contributed by atoms with Crippen molar-refractivity contribution < 1.29 is 23.9 Å². The summed E-state index contributed by atoms with van der Waals surface area (Å²) < 4.78 is 10.6. The molecular formula is C20H19N3O5. The molecule has 8 heteroatoms. The Morgan fingerprint density at radius 3 is 2.64 bits per heavy atom. The van der Waals surface area contributed by atoms with Gasteiger partial charge in [0.1, 0.15) is 0 Å². The molecule has 28 heavy (non-hydrogen) atoms. The predicted molar refractivity (Wildman–Crippen MR) is 102 cm³/mol. The number of nitrogens with zero attached hydrogens (tertiary/aromatic N) is 1. The summed E-state index contributed by atoms with van der Waals surface area (Å²) in [5, 5.41) is 5.53. The second-order valence-corrected chi connectivity index (χ2v) is 6.69. The Morgan fingerprint density at radius 2 is 1.82 bits per heavy atom. The molecule has 0 bridgehead atoms. The van der Waals surface area contributed by atoms with Gasteiger partial charge >= 0.3 is 0 Å². The summed E-state index contributed by atoms with van der Waals surface area (Å²) >= 11 is 0. The van der Waals surface area contributed by atoms with E-state index in [0.717, 1.165) is 0 Å². The average Bonchev–Trinajstić information content (AvgIpc) is 3.27. The van der Waals surface area contributed by atoms with Gasteiger partial charge in [0.25, 0.3) is 0 Å². The summed E-state index contributed by atoms with van der Waals surface area (Å²) in [6.45, 7) is 1.86. The second kappa shape index (κ2) is 7.22. The molecule has 2 aromatic carbocycles. The fourth-order valence-corrected chi connectivity index (χ4v) is 3.31. The van der Waals surface area contributed by atoms with E-state index in [1.165, 1.54) is 6.92 Å². The molecule has 3 amide bonds. The Balaban J connectivity index is 1.44. The molecule has 1 atom stereocenters. The van der Waals surface area contributed by atoms with E-state index in [2.05, 4.69) is 10.6 Å². The smallest absolute Gasteiger partial charge is 0.231 e. The molecule has 0 spiro atoms. The highest BCUT2D eigenvalue weighted by Crippen LogP contribution is 2.35. The summed E-state index contributed by atoms with van der Waals surface area (Å²) in [5.41, 5.74) is 1.84. The lowest BCUT2D eigenvalue weighted by atomic mass is 10.1. The first-order chi connectivity index (χ1) is 13.5. The van der Waals surface area contributed by atoms with Gasteiger partial charge in [-0.25, -0.2) is 0 Å². The van der Waals surface area contributed by atoms with Crippen molar-refractivity contribution in [3.05, 3.63) is 42.5 Å². The first kappa shape index (κ1) is 17.8. The molecule has 144 valence electrons. The standard InChI is InChI=1S/C20H19N3O5/c1-12(24)21-14-3-2-4-16(8-14)23-10-13(7-19(23)25)20(26)22-15-5-6-17-18(9-15)28-11-27-17/h2-6,8-9,13H,7,10-11H2,1H3,(H,21,24)(H,22,26)/t13-/m0/s1. The van der Waals surface area contributed by atoms with Gasteiger partial charge in [0, 0.05) is 43.0 Å². The molecule has 0 aliphatic carbocycles. The van der Waals surface area contributed by atoms with Crippen LogP contribution in [0.5, 0.6) is 11.5 Å². The van der Waals surface area contributed by atoms with Crippen LogP contribution in [0.25, 0.3) is 0 Å². The highest BCUT2D eigenvalue weighted by Gasteiger charge is 2.35. The minimum absolute atomic E-state index is 0.126. The third kappa shape index (κ3) is 3.62. The molecule has 0 unspecified atom stereocenters. The molecule has 0 saturated carbocycles. The van der Waals surface area contributed by atoms with Crippen LogP contribution in [0.15, 0.2) is 42.5 Å². The summed E-state index contributed by atoms with van der Waals surface area (Å²) in [6.07, 6.45) is 0.126. The molecule has 0 radical (unpaired) electrons. The zero-order chi connectivity index (χ0) is 19.7. The molecule has 1 fully saturated rings. The van der Waals surface area contributed by atoms with Gasteiger partial charge in [-0.05, 0) is 30.3 Å². The van der Waals surface area contributed by atoms with Crippen LogP contribution in [0.4, 0.5) is 17.1 Å². The Bertz CT molecular complexity index is 959. The molecule has 2 N–H and O–H groups in total. The Morgan fingerprint density at radius 1 is 1.04 bits per heavy atom. The molecule has 8 nitrogen and oxygen atoms in total. The quantitative estimate of drug-likeness (QED) is 0.848. The van der Waals surface area contributed by atoms with Gasteiger partial charge in [0.15, 0.2) is 11.5 Å². The number of carbonyl (C=O) groups excluding carboxylic acids is 3. The van der Waals surface area contributed by atoms with Crippen molar-refractivity contribution >= 4 is 34.8 Å². The number of fused-ring (bicyclic) bond motifs is 1. The van der Waals surface area contributed by atoms with Gasteiger partial charge in [-0.3, -0.25) is 14.4 Å². The van der Waals surface area contributed by atoms with Crippen molar-refractivity contribution in [1.82, 2.24) is 0 Å². The summed E-state index contributed by atoms with van der Waals surface area (Å²) in [6, 6.07) is 12.2. The average molecular weight is 381 g/mol. The largest absolute Gasteiger partial charge is 0.454 e. The maximum atomic E-state index is 12.6. The maximum Gasteiger partial charge on any atom is 0.231 e. The number of amides is 3. The van der Waals surface area contributed by atoms with Crippen LogP contribution < -0.4 is 25.0 Å². The Hall–Kier alpha value is -3.55. The van der Waals surface area contributed by atoms with E-state index >= 15 is 0 Å². The Labute approximate surface area is 161 Å². The van der Waals surface area contributed by atoms with Crippen molar-refractivity contribution in [2.75, 3.05) is 28.9 Å². The molecule has 2 aliphatic heterocycles. The van der Waals surface area contributed by atoms with E-state index in [4.69, 9.17) is 9.47 Å². The first-order valence-corrected chi connectivity index (χ1v) is 8.88. The number of nitrogens with one attached hydrogen (secondary N) is 2. The molecule has 2 heterocycles. The lowest BCUT2D eigenvalue weighted by Gasteiger charge is -2.18. The summed E-state index contributed by atoms with van der Waals surface area (Å²) in [7, 11) is 0. The van der Waals surface area contributed by atoms with Crippen LogP contribution >= 0.6 is 0 Å². The topological polar surface area (TPSA) is 97.0 Å². The lowest BCUT2D eigenvalue weighted by Crippen LogP contribution is -2.28. The van der Waals surface area contributed by atoms with Crippen LogP contribution in [-0.2, 0) is 14.4 Å². The zero-order valence-electron chi connectivity index (χ0n) is 15.2. The van der Waals surface area contributed by atoms with E-state index in [0.29, 0.717) is 28.6 Å². The molecule has 1 saturated heterocycles. The van der Waals surface area contributed by atoms with Gasteiger partial charge in [-0.1, -0.05) is 6.07 Å². The number of rotatable bonds is 4. The van der Waals surface area contributed by atoms with E-state index < -0.39 is 5.92 Å². The van der Waals surface area contributed by atoms with Crippen LogP contribution in [0.2, 0.25) is 0 Å². The summed E-state index contributed by atoms with van der Waals surface area (Å²) in [5.74, 6) is 0.197. The number of hydrogen-bond acceptors (Lipinski definition) is 5. The number of benzene rings is 2. The highest BCUT2D eigenvalue weighted by atomic mass is 16.7. The van der Waals surface area contributed by atoms with Gasteiger partial charge < -0.3 is 25.0 Å². The number of hydrogen-bond donors (Lipinski definition) is 2. The SMILES string of the molecule is CC(=O)Nc1cccc(N2C[C@@H](C(=O)Nc3ccc4c(c3)OCO4)CC2=O)c1. The van der Waals surface area contributed by atoms with Gasteiger partial charge in [0.2, 0.25) is 24.5 Å². The molecule has 2 aromatic rings. The Kier molecular flexibility index (Phi) is 4.60. The predicted octanol–water partition coefficient (Wildman–Crippen LogP) is 2.37. The van der Waals surface area contributed by atoms with Crippen LogP contribution in [0.3, 0.4) is 0 Å². The van der Waals surface area contributed by atoms with Crippen LogP contribution in [0, 0.1) is 5.92 Å².